The Hall–Kier alpha value is -3.72. The number of amides is 2. The van der Waals surface area contributed by atoms with E-state index in [-0.39, 0.29) is 18.2 Å². The van der Waals surface area contributed by atoms with Crippen molar-refractivity contribution in [1.29, 1.82) is 0 Å². The first-order valence-electron chi connectivity index (χ1n) is 11.8. The highest BCUT2D eigenvalue weighted by Gasteiger charge is 2.44. The fourth-order valence-electron chi connectivity index (χ4n) is 4.48. The number of nitrogens with one attached hydrogen (secondary N) is 1. The molecule has 0 radical (unpaired) electrons. The third-order valence-electron chi connectivity index (χ3n) is 6.64. The summed E-state index contributed by atoms with van der Waals surface area (Å²) in [6.07, 6.45) is 0.0481. The van der Waals surface area contributed by atoms with Gasteiger partial charge in [0.25, 0.3) is 5.91 Å². The largest absolute Gasteiger partial charge is 0.378 e. The van der Waals surface area contributed by atoms with Crippen molar-refractivity contribution in [2.45, 2.75) is 39.8 Å². The van der Waals surface area contributed by atoms with Crippen molar-refractivity contribution in [3.8, 4) is 0 Å². The Kier molecular flexibility index (Phi) is 7.12. The third kappa shape index (κ3) is 4.97. The Morgan fingerprint density at radius 3 is 2.39 bits per heavy atom. The fraction of sp³-hybridized carbons (Fsp3) is 0.333. The van der Waals surface area contributed by atoms with Crippen molar-refractivity contribution in [3.63, 3.8) is 0 Å². The SMILES string of the molecule is Cc1cccc(N2C(=O)C[C@@H](N(Cc3c(C)nn(C)c3C)C(=S)Nc3ccc(N(C)C)cc3)C2=O)c1. The molecule has 0 aliphatic carbocycles. The molecule has 2 amide bonds. The van der Waals surface area contributed by atoms with Crippen LogP contribution in [0.25, 0.3) is 0 Å². The van der Waals surface area contributed by atoms with Gasteiger partial charge in [-0.3, -0.25) is 14.3 Å². The van der Waals surface area contributed by atoms with E-state index in [1.807, 2.05) is 98.9 Å². The van der Waals surface area contributed by atoms with Crippen LogP contribution in [0.15, 0.2) is 48.5 Å². The second-order valence-electron chi connectivity index (χ2n) is 9.40. The lowest BCUT2D eigenvalue weighted by Gasteiger charge is -2.30. The molecule has 1 aliphatic rings. The summed E-state index contributed by atoms with van der Waals surface area (Å²) in [6, 6.07) is 14.6. The highest BCUT2D eigenvalue weighted by molar-refractivity contribution is 7.80. The molecule has 1 atom stereocenters. The predicted octanol–water partition coefficient (Wildman–Crippen LogP) is 3.94. The van der Waals surface area contributed by atoms with Crippen LogP contribution >= 0.6 is 12.2 Å². The first-order valence-corrected chi connectivity index (χ1v) is 12.2. The highest BCUT2D eigenvalue weighted by atomic mass is 32.1. The Morgan fingerprint density at radius 1 is 1.11 bits per heavy atom. The number of imide groups is 1. The van der Waals surface area contributed by atoms with Crippen LogP contribution in [0, 0.1) is 20.8 Å². The van der Waals surface area contributed by atoms with Crippen molar-refractivity contribution in [2.75, 3.05) is 29.2 Å². The Bertz CT molecular complexity index is 1310. The molecule has 0 unspecified atom stereocenters. The number of hydrogen-bond acceptors (Lipinski definition) is 5. The number of benzene rings is 2. The third-order valence-corrected chi connectivity index (χ3v) is 6.98. The summed E-state index contributed by atoms with van der Waals surface area (Å²) >= 11 is 5.83. The van der Waals surface area contributed by atoms with Crippen molar-refractivity contribution >= 4 is 46.2 Å². The number of aromatic nitrogens is 2. The van der Waals surface area contributed by atoms with Gasteiger partial charge in [-0.1, -0.05) is 12.1 Å². The molecule has 188 valence electrons. The Labute approximate surface area is 217 Å². The first kappa shape index (κ1) is 25.4. The van der Waals surface area contributed by atoms with Gasteiger partial charge in [-0.25, -0.2) is 4.90 Å². The first-order chi connectivity index (χ1) is 17.1. The molecular weight excluding hydrogens is 472 g/mol. The van der Waals surface area contributed by atoms with Crippen LogP contribution in [0.4, 0.5) is 17.1 Å². The van der Waals surface area contributed by atoms with Crippen LogP contribution in [-0.2, 0) is 23.2 Å². The second kappa shape index (κ2) is 10.1. The molecule has 0 bridgehead atoms. The number of carbonyl (C=O) groups is 2. The van der Waals surface area contributed by atoms with E-state index in [0.29, 0.717) is 17.3 Å². The van der Waals surface area contributed by atoms with Gasteiger partial charge in [-0.15, -0.1) is 0 Å². The van der Waals surface area contributed by atoms with Crippen LogP contribution in [-0.4, -0.2) is 51.7 Å². The Balaban J connectivity index is 1.66. The van der Waals surface area contributed by atoms with E-state index in [1.54, 1.807) is 6.07 Å². The lowest BCUT2D eigenvalue weighted by molar-refractivity contribution is -0.122. The molecule has 0 spiro atoms. The molecule has 1 N–H and O–H groups in total. The maximum absolute atomic E-state index is 13.7. The Morgan fingerprint density at radius 2 is 1.81 bits per heavy atom. The monoisotopic (exact) mass is 504 g/mol. The zero-order chi connectivity index (χ0) is 26.1. The summed E-state index contributed by atoms with van der Waals surface area (Å²) in [5, 5.41) is 8.19. The van der Waals surface area contributed by atoms with E-state index in [2.05, 4.69) is 10.4 Å². The van der Waals surface area contributed by atoms with Gasteiger partial charge in [-0.2, -0.15) is 5.10 Å². The van der Waals surface area contributed by atoms with Crippen molar-refractivity contribution < 1.29 is 9.59 Å². The summed E-state index contributed by atoms with van der Waals surface area (Å²) < 4.78 is 1.82. The average Bonchev–Trinajstić information content (AvgIpc) is 3.25. The van der Waals surface area contributed by atoms with Crippen LogP contribution in [0.3, 0.4) is 0 Å². The van der Waals surface area contributed by atoms with Crippen LogP contribution in [0.5, 0.6) is 0 Å². The summed E-state index contributed by atoms with van der Waals surface area (Å²) in [5.41, 5.74) is 6.28. The highest BCUT2D eigenvalue weighted by Crippen LogP contribution is 2.29. The molecule has 2 aromatic carbocycles. The topological polar surface area (TPSA) is 73.7 Å². The van der Waals surface area contributed by atoms with E-state index in [0.717, 1.165) is 33.9 Å². The number of thiocarbonyl (C=S) groups is 1. The summed E-state index contributed by atoms with van der Waals surface area (Å²) in [5.74, 6) is -0.518. The summed E-state index contributed by atoms with van der Waals surface area (Å²) in [6.45, 7) is 6.23. The van der Waals surface area contributed by atoms with Gasteiger partial charge in [0.1, 0.15) is 6.04 Å². The van der Waals surface area contributed by atoms with Gasteiger partial charge in [0.15, 0.2) is 5.11 Å². The van der Waals surface area contributed by atoms with Gasteiger partial charge in [0, 0.05) is 50.3 Å². The molecule has 1 aliphatic heterocycles. The predicted molar refractivity (Wildman–Crippen MR) is 147 cm³/mol. The number of nitrogens with zero attached hydrogens (tertiary/aromatic N) is 5. The molecule has 0 saturated carbocycles. The fourth-order valence-corrected chi connectivity index (χ4v) is 4.79. The van der Waals surface area contributed by atoms with Crippen molar-refractivity contribution in [3.05, 3.63) is 71.0 Å². The standard InChI is InChI=1S/C27H32N6O2S/c1-17-8-7-9-22(14-17)33-25(34)15-24(26(33)35)32(16-23-18(2)29-31(6)19(23)3)27(36)28-20-10-12-21(13-11-20)30(4)5/h7-14,24H,15-16H2,1-6H3,(H,28,36)/t24-/m1/s1. The normalized spacial score (nSPS) is 15.4. The molecule has 1 aromatic heterocycles. The minimum atomic E-state index is -0.724. The number of hydrogen-bond donors (Lipinski definition) is 1. The van der Waals surface area contributed by atoms with E-state index in [4.69, 9.17) is 12.2 Å². The number of anilines is 3. The van der Waals surface area contributed by atoms with Crippen molar-refractivity contribution in [2.24, 2.45) is 7.05 Å². The molecule has 2 heterocycles. The quantitative estimate of drug-likeness (QED) is 0.403. The van der Waals surface area contributed by atoms with Crippen LogP contribution in [0.1, 0.15) is 28.9 Å². The average molecular weight is 505 g/mol. The van der Waals surface area contributed by atoms with Crippen LogP contribution < -0.4 is 15.1 Å². The molecule has 36 heavy (non-hydrogen) atoms. The van der Waals surface area contributed by atoms with Gasteiger partial charge in [0.2, 0.25) is 5.91 Å². The molecule has 9 heteroatoms. The minimum Gasteiger partial charge on any atom is -0.378 e. The van der Waals surface area contributed by atoms with E-state index in [9.17, 15) is 9.59 Å². The molecule has 4 rings (SSSR count). The smallest absolute Gasteiger partial charge is 0.257 e. The summed E-state index contributed by atoms with van der Waals surface area (Å²) in [4.78, 5) is 31.9. The maximum Gasteiger partial charge on any atom is 0.257 e. The van der Waals surface area contributed by atoms with Crippen molar-refractivity contribution in [1.82, 2.24) is 14.7 Å². The lowest BCUT2D eigenvalue weighted by Crippen LogP contribution is -2.47. The second-order valence-corrected chi connectivity index (χ2v) is 9.79. The molecular formula is C27H32N6O2S. The lowest BCUT2D eigenvalue weighted by atomic mass is 10.1. The van der Waals surface area contributed by atoms with Crippen LogP contribution in [0.2, 0.25) is 0 Å². The maximum atomic E-state index is 13.7. The molecule has 3 aromatic rings. The number of carbonyl (C=O) groups excluding carboxylic acids is 2. The van der Waals surface area contributed by atoms with E-state index >= 15 is 0 Å². The minimum absolute atomic E-state index is 0.0481. The van der Waals surface area contributed by atoms with E-state index < -0.39 is 6.04 Å². The summed E-state index contributed by atoms with van der Waals surface area (Å²) in [7, 11) is 5.86. The van der Waals surface area contributed by atoms with Gasteiger partial charge in [0.05, 0.1) is 17.8 Å². The molecule has 1 fully saturated rings. The zero-order valence-electron chi connectivity index (χ0n) is 21.6. The number of rotatable bonds is 6. The molecule has 8 nitrogen and oxygen atoms in total. The zero-order valence-corrected chi connectivity index (χ0v) is 22.4. The van der Waals surface area contributed by atoms with Gasteiger partial charge < -0.3 is 15.1 Å². The number of aryl methyl sites for hydroxylation is 3. The van der Waals surface area contributed by atoms with E-state index in [1.165, 1.54) is 4.90 Å². The van der Waals surface area contributed by atoms with Gasteiger partial charge >= 0.3 is 0 Å². The van der Waals surface area contributed by atoms with Gasteiger partial charge in [-0.05, 0) is 75.0 Å². The molecule has 1 saturated heterocycles.